The number of hydrogen-bond donors (Lipinski definition) is 1. The van der Waals surface area contributed by atoms with Crippen molar-refractivity contribution in [1.82, 2.24) is 0 Å². The van der Waals surface area contributed by atoms with Crippen LogP contribution < -0.4 is 0 Å². The molecule has 2 aromatic rings. The minimum Gasteiger partial charge on any atom is -0.466 e. The molecule has 1 N–H and O–H groups in total. The second-order valence-electron chi connectivity index (χ2n) is 12.0. The van der Waals surface area contributed by atoms with Crippen molar-refractivity contribution >= 4 is 18.3 Å². The minimum atomic E-state index is -0.668. The fourth-order valence-corrected chi connectivity index (χ4v) is 4.92. The van der Waals surface area contributed by atoms with Crippen LogP contribution in [0.15, 0.2) is 60.7 Å². The van der Waals surface area contributed by atoms with Gasteiger partial charge in [-0.15, -0.1) is 0 Å². The molecule has 4 atom stereocenters. The van der Waals surface area contributed by atoms with Gasteiger partial charge < -0.3 is 28.8 Å². The van der Waals surface area contributed by atoms with E-state index in [4.69, 9.17) is 19.3 Å². The average Bonchev–Trinajstić information content (AvgIpc) is 3.09. The van der Waals surface area contributed by atoms with Gasteiger partial charge in [-0.1, -0.05) is 101 Å². The van der Waals surface area contributed by atoms with Crippen LogP contribution in [0.3, 0.4) is 0 Å². The minimum absolute atomic E-state index is 0.182. The van der Waals surface area contributed by atoms with Crippen LogP contribution in [-0.4, -0.2) is 63.0 Å². The van der Waals surface area contributed by atoms with Gasteiger partial charge in [0.05, 0.1) is 33.0 Å². The molecule has 2 aromatic carbocycles. The molecular weight excluding hydrogens is 600 g/mol. The maximum atomic E-state index is 11.6. The van der Waals surface area contributed by atoms with Crippen LogP contribution in [0.4, 0.5) is 9.59 Å². The Labute approximate surface area is 282 Å². The van der Waals surface area contributed by atoms with E-state index in [9.17, 15) is 14.4 Å². The van der Waals surface area contributed by atoms with Crippen LogP contribution in [0, 0.1) is 11.8 Å². The summed E-state index contributed by atoms with van der Waals surface area (Å²) in [6.07, 6.45) is 6.35. The first-order chi connectivity index (χ1) is 22.7. The smallest absolute Gasteiger partial charge is 0.466 e. The van der Waals surface area contributed by atoms with E-state index >= 15 is 0 Å². The summed E-state index contributed by atoms with van der Waals surface area (Å²) in [6, 6.07) is 20.9. The predicted molar refractivity (Wildman–Crippen MR) is 183 cm³/mol. The number of hydrogen-bond acceptors (Lipinski definition) is 9. The number of carbonyl (C=O) groups excluding carboxylic acids is 3. The maximum Gasteiger partial charge on any atom is 0.508 e. The fraction of sp³-hybridized carbons (Fsp3) is 0.605. The first-order valence-electron chi connectivity index (χ1n) is 17.1. The van der Waals surface area contributed by atoms with E-state index in [0.717, 1.165) is 38.0 Å². The van der Waals surface area contributed by atoms with Gasteiger partial charge in [-0.25, -0.2) is 9.59 Å². The Bertz CT molecular complexity index is 1070. The van der Waals surface area contributed by atoms with Crippen LogP contribution in [0.2, 0.25) is 0 Å². The van der Waals surface area contributed by atoms with Crippen LogP contribution in [-0.2, 0) is 28.5 Å². The van der Waals surface area contributed by atoms with Crippen molar-refractivity contribution in [2.24, 2.45) is 11.8 Å². The quantitative estimate of drug-likeness (QED) is 0.101. The van der Waals surface area contributed by atoms with Gasteiger partial charge >= 0.3 is 18.3 Å². The van der Waals surface area contributed by atoms with E-state index in [1.54, 1.807) is 0 Å². The number of cyclic esters (lactones) is 2. The zero-order chi connectivity index (χ0) is 34.7. The van der Waals surface area contributed by atoms with Crippen molar-refractivity contribution in [2.75, 3.05) is 39.6 Å². The molecule has 1 heterocycles. The summed E-state index contributed by atoms with van der Waals surface area (Å²) in [5.41, 5.74) is 2.65. The van der Waals surface area contributed by atoms with Gasteiger partial charge in [0, 0.05) is 26.4 Å². The van der Waals surface area contributed by atoms with Crippen LogP contribution in [0.25, 0.3) is 0 Å². The molecule has 1 fully saturated rings. The monoisotopic (exact) mass is 658 g/mol. The van der Waals surface area contributed by atoms with E-state index < -0.39 is 12.3 Å². The Kier molecular flexibility index (Phi) is 23.3. The van der Waals surface area contributed by atoms with Crippen LogP contribution in [0.1, 0.15) is 109 Å². The summed E-state index contributed by atoms with van der Waals surface area (Å²) in [6.45, 7) is 12.4. The second-order valence-corrected chi connectivity index (χ2v) is 12.0. The summed E-state index contributed by atoms with van der Waals surface area (Å²) >= 11 is 0. The van der Waals surface area contributed by atoms with Gasteiger partial charge in [0.2, 0.25) is 0 Å². The topological polar surface area (TPSA) is 118 Å². The fourth-order valence-electron chi connectivity index (χ4n) is 4.92. The Hall–Kier alpha value is -3.59. The highest BCUT2D eigenvalue weighted by atomic mass is 16.7. The number of carbonyl (C=O) groups is 3. The summed E-state index contributed by atoms with van der Waals surface area (Å²) in [7, 11) is 0. The SMILES string of the molecule is CCC(C)CC(CCO)c1ccccc1.CCC(C)CC(CCOC(=O)OCCCOC(C)=O)c1ccccc1.O=C1OCCCO1. The van der Waals surface area contributed by atoms with E-state index in [0.29, 0.717) is 44.0 Å². The van der Waals surface area contributed by atoms with Crippen molar-refractivity contribution in [3.05, 3.63) is 71.8 Å². The van der Waals surface area contributed by atoms with Gasteiger partial charge in [0.1, 0.15) is 0 Å². The maximum absolute atomic E-state index is 11.6. The molecule has 47 heavy (non-hydrogen) atoms. The highest BCUT2D eigenvalue weighted by molar-refractivity contribution is 5.65. The van der Waals surface area contributed by atoms with E-state index in [1.165, 1.54) is 30.9 Å². The number of esters is 1. The molecule has 0 aromatic heterocycles. The van der Waals surface area contributed by atoms with E-state index in [-0.39, 0.29) is 25.8 Å². The normalized spacial score (nSPS) is 14.6. The number of aliphatic hydroxyl groups excluding tert-OH is 1. The molecule has 1 saturated heterocycles. The lowest BCUT2D eigenvalue weighted by Crippen LogP contribution is -2.16. The third kappa shape index (κ3) is 21.0. The molecule has 0 aliphatic carbocycles. The summed E-state index contributed by atoms with van der Waals surface area (Å²) in [5.74, 6) is 1.91. The third-order valence-corrected chi connectivity index (χ3v) is 8.02. The second kappa shape index (κ2) is 26.5. The zero-order valence-corrected chi connectivity index (χ0v) is 29.2. The molecule has 0 spiro atoms. The molecule has 4 unspecified atom stereocenters. The molecule has 9 heteroatoms. The lowest BCUT2D eigenvalue weighted by atomic mass is 9.86. The number of benzene rings is 2. The predicted octanol–water partition coefficient (Wildman–Crippen LogP) is 8.84. The van der Waals surface area contributed by atoms with Gasteiger partial charge in [0.25, 0.3) is 0 Å². The van der Waals surface area contributed by atoms with E-state index in [1.807, 2.05) is 24.3 Å². The molecule has 264 valence electrons. The van der Waals surface area contributed by atoms with Gasteiger partial charge in [-0.05, 0) is 60.5 Å². The first kappa shape index (κ1) is 41.4. The molecule has 9 nitrogen and oxygen atoms in total. The molecule has 1 aliphatic rings. The largest absolute Gasteiger partial charge is 0.508 e. The Balaban J connectivity index is 0.000000418. The average molecular weight is 659 g/mol. The third-order valence-electron chi connectivity index (χ3n) is 8.02. The van der Waals surface area contributed by atoms with Crippen molar-refractivity contribution in [1.29, 1.82) is 0 Å². The van der Waals surface area contributed by atoms with Gasteiger partial charge in [0.15, 0.2) is 0 Å². The standard InChI is InChI=1S/C20H30O5.C14H22O.C4H6O3/c1-4-16(2)15-19(18-9-6-5-7-10-18)11-14-25-20(22)24-13-8-12-23-17(3)21;1-3-12(2)11-14(9-10-15)13-7-5-4-6-8-13;5-4-6-2-1-3-7-4/h5-7,9-10,16,19H,4,8,11-15H2,1-3H3;4-8,12,14-15H,3,9-11H2,1-2H3;1-3H2. The number of aliphatic hydroxyl groups is 1. The molecule has 0 amide bonds. The highest BCUT2D eigenvalue weighted by Crippen LogP contribution is 2.29. The molecule has 1 aliphatic heterocycles. The molecule has 3 rings (SSSR count). The molecular formula is C38H58O9. The zero-order valence-electron chi connectivity index (χ0n) is 29.2. The highest BCUT2D eigenvalue weighted by Gasteiger charge is 2.16. The van der Waals surface area contributed by atoms with Crippen molar-refractivity contribution < 1.29 is 43.2 Å². The van der Waals surface area contributed by atoms with Gasteiger partial charge in [-0.2, -0.15) is 0 Å². The van der Waals surface area contributed by atoms with Crippen molar-refractivity contribution in [3.8, 4) is 0 Å². The Morgan fingerprint density at radius 1 is 0.745 bits per heavy atom. The van der Waals surface area contributed by atoms with E-state index in [2.05, 4.69) is 73.6 Å². The van der Waals surface area contributed by atoms with Gasteiger partial charge in [-0.3, -0.25) is 4.79 Å². The summed E-state index contributed by atoms with van der Waals surface area (Å²) in [5, 5.41) is 9.08. The number of ether oxygens (including phenoxy) is 5. The van der Waals surface area contributed by atoms with Crippen molar-refractivity contribution in [3.63, 3.8) is 0 Å². The van der Waals surface area contributed by atoms with Crippen LogP contribution in [0.5, 0.6) is 0 Å². The molecule has 0 radical (unpaired) electrons. The summed E-state index contributed by atoms with van der Waals surface area (Å²) in [4.78, 5) is 32.2. The lowest BCUT2D eigenvalue weighted by molar-refractivity contribution is -0.141. The molecule has 0 bridgehead atoms. The van der Waals surface area contributed by atoms with Crippen molar-refractivity contribution in [2.45, 2.75) is 97.8 Å². The van der Waals surface area contributed by atoms with Crippen LogP contribution >= 0.6 is 0 Å². The number of rotatable bonds is 17. The lowest BCUT2D eigenvalue weighted by Gasteiger charge is -2.20. The first-order valence-corrected chi connectivity index (χ1v) is 17.1. The molecule has 0 saturated carbocycles. The Morgan fingerprint density at radius 3 is 1.64 bits per heavy atom. The Morgan fingerprint density at radius 2 is 1.21 bits per heavy atom. The summed E-state index contributed by atoms with van der Waals surface area (Å²) < 4.78 is 23.7.